The Morgan fingerprint density at radius 2 is 2.14 bits per heavy atom. The van der Waals surface area contributed by atoms with Gasteiger partial charge in [-0.25, -0.2) is 0 Å². The van der Waals surface area contributed by atoms with E-state index in [9.17, 15) is 4.79 Å². The second kappa shape index (κ2) is 4.77. The molecule has 0 heterocycles. The average Bonchev–Trinajstić information content (AvgIpc) is 2.16. The van der Waals surface area contributed by atoms with Gasteiger partial charge in [0.2, 0.25) is 0 Å². The minimum atomic E-state index is -0.795. The summed E-state index contributed by atoms with van der Waals surface area (Å²) >= 11 is 0. The second-order valence-electron chi connectivity index (χ2n) is 3.31. The number of carboxylic acid groups (broad SMARTS) is 1. The lowest BCUT2D eigenvalue weighted by atomic mass is 10.0. The second-order valence-corrected chi connectivity index (χ2v) is 3.31. The molecule has 0 spiro atoms. The van der Waals surface area contributed by atoms with Crippen LogP contribution in [0.1, 0.15) is 23.1 Å². The molecule has 0 fully saturated rings. The van der Waals surface area contributed by atoms with Crippen molar-refractivity contribution in [3.05, 3.63) is 34.9 Å². The van der Waals surface area contributed by atoms with Crippen molar-refractivity contribution in [3.63, 3.8) is 0 Å². The Labute approximate surface area is 83.0 Å². The summed E-state index contributed by atoms with van der Waals surface area (Å²) in [4.78, 5) is 10.3. The highest BCUT2D eigenvalue weighted by Crippen LogP contribution is 2.12. The number of aliphatic carboxylic acids is 1. The Bertz CT molecular complexity index is 331. The number of hydrogen-bond acceptors (Lipinski definition) is 2. The number of carbonyl (C=O) groups is 1. The molecule has 1 aromatic rings. The van der Waals surface area contributed by atoms with E-state index in [0.29, 0.717) is 6.42 Å². The van der Waals surface area contributed by atoms with E-state index in [1.807, 2.05) is 25.1 Å². The molecule has 0 aliphatic rings. The van der Waals surface area contributed by atoms with Gasteiger partial charge in [-0.1, -0.05) is 18.2 Å². The molecule has 1 aromatic carbocycles. The number of aliphatic hydroxyl groups is 1. The molecule has 0 aliphatic carbocycles. The summed E-state index contributed by atoms with van der Waals surface area (Å²) in [7, 11) is 0. The normalized spacial score (nSPS) is 10.1. The van der Waals surface area contributed by atoms with Crippen LogP contribution in [0.2, 0.25) is 0 Å². The zero-order valence-corrected chi connectivity index (χ0v) is 8.16. The molecule has 3 heteroatoms. The van der Waals surface area contributed by atoms with Crippen LogP contribution in [0.5, 0.6) is 0 Å². The minimum Gasteiger partial charge on any atom is -0.481 e. The molecule has 0 saturated carbocycles. The first-order valence-corrected chi connectivity index (χ1v) is 4.54. The molecule has 0 unspecified atom stereocenters. The van der Waals surface area contributed by atoms with Crippen molar-refractivity contribution in [3.8, 4) is 0 Å². The maximum absolute atomic E-state index is 10.3. The van der Waals surface area contributed by atoms with Crippen LogP contribution in [0.25, 0.3) is 0 Å². The van der Waals surface area contributed by atoms with Crippen LogP contribution >= 0.6 is 0 Å². The lowest BCUT2D eigenvalue weighted by molar-refractivity contribution is -0.136. The van der Waals surface area contributed by atoms with Crippen molar-refractivity contribution < 1.29 is 15.0 Å². The third-order valence-electron chi connectivity index (χ3n) is 2.21. The van der Waals surface area contributed by atoms with Crippen molar-refractivity contribution in [2.24, 2.45) is 0 Å². The topological polar surface area (TPSA) is 57.5 Å². The molecule has 0 atom stereocenters. The van der Waals surface area contributed by atoms with Crippen LogP contribution in [-0.2, 0) is 17.8 Å². The van der Waals surface area contributed by atoms with Crippen LogP contribution in [-0.4, -0.2) is 16.2 Å². The van der Waals surface area contributed by atoms with Crippen LogP contribution in [0.4, 0.5) is 0 Å². The van der Waals surface area contributed by atoms with Crippen LogP contribution < -0.4 is 0 Å². The third-order valence-corrected chi connectivity index (χ3v) is 2.21. The van der Waals surface area contributed by atoms with E-state index in [0.717, 1.165) is 16.7 Å². The average molecular weight is 194 g/mol. The predicted molar refractivity (Wildman–Crippen MR) is 53.1 cm³/mol. The van der Waals surface area contributed by atoms with Crippen molar-refractivity contribution in [2.45, 2.75) is 26.4 Å². The molecule has 3 nitrogen and oxygen atoms in total. The van der Waals surface area contributed by atoms with Gasteiger partial charge in [-0.15, -0.1) is 0 Å². The molecule has 0 aliphatic heterocycles. The molecular weight excluding hydrogens is 180 g/mol. The minimum absolute atomic E-state index is 0.00669. The fourth-order valence-corrected chi connectivity index (χ4v) is 1.30. The number of carboxylic acids is 1. The lowest BCUT2D eigenvalue weighted by Crippen LogP contribution is -1.98. The zero-order chi connectivity index (χ0) is 10.6. The summed E-state index contributed by atoms with van der Waals surface area (Å²) in [6.45, 7) is 1.93. The van der Waals surface area contributed by atoms with E-state index in [1.165, 1.54) is 0 Å². The van der Waals surface area contributed by atoms with Gasteiger partial charge in [0, 0.05) is 6.42 Å². The zero-order valence-electron chi connectivity index (χ0n) is 8.16. The van der Waals surface area contributed by atoms with Gasteiger partial charge >= 0.3 is 5.97 Å². The van der Waals surface area contributed by atoms with Gasteiger partial charge in [0.25, 0.3) is 0 Å². The van der Waals surface area contributed by atoms with E-state index in [2.05, 4.69) is 0 Å². The molecule has 0 aromatic heterocycles. The highest BCUT2D eigenvalue weighted by atomic mass is 16.4. The van der Waals surface area contributed by atoms with Crippen LogP contribution in [0.3, 0.4) is 0 Å². The molecule has 0 amide bonds. The Balaban J connectivity index is 2.74. The van der Waals surface area contributed by atoms with Crippen LogP contribution in [0.15, 0.2) is 18.2 Å². The number of rotatable bonds is 4. The van der Waals surface area contributed by atoms with Crippen molar-refractivity contribution >= 4 is 5.97 Å². The summed E-state index contributed by atoms with van der Waals surface area (Å²) in [6.07, 6.45) is 0.649. The lowest BCUT2D eigenvalue weighted by Gasteiger charge is -2.05. The standard InChI is InChI=1S/C11H14O3/c1-8-2-3-9(4-5-11(13)14)6-10(8)7-12/h2-3,6,12H,4-5,7H2,1H3,(H,13,14). The van der Waals surface area contributed by atoms with E-state index >= 15 is 0 Å². The quantitative estimate of drug-likeness (QED) is 0.763. The van der Waals surface area contributed by atoms with Crippen molar-refractivity contribution in [1.29, 1.82) is 0 Å². The Kier molecular flexibility index (Phi) is 3.65. The summed E-state index contributed by atoms with van der Waals surface area (Å²) < 4.78 is 0. The molecule has 0 radical (unpaired) electrons. The van der Waals surface area contributed by atoms with E-state index in [1.54, 1.807) is 0 Å². The number of hydrogen-bond donors (Lipinski definition) is 2. The van der Waals surface area contributed by atoms with Crippen molar-refractivity contribution in [2.75, 3.05) is 0 Å². The van der Waals surface area contributed by atoms with Gasteiger partial charge in [-0.2, -0.15) is 0 Å². The molecular formula is C11H14O3. The van der Waals surface area contributed by atoms with Gasteiger partial charge in [-0.05, 0) is 30.0 Å². The molecule has 14 heavy (non-hydrogen) atoms. The van der Waals surface area contributed by atoms with E-state index < -0.39 is 5.97 Å². The molecule has 0 bridgehead atoms. The van der Waals surface area contributed by atoms with E-state index in [4.69, 9.17) is 10.2 Å². The summed E-state index contributed by atoms with van der Waals surface area (Å²) in [6, 6.07) is 5.67. The molecule has 1 rings (SSSR count). The fraction of sp³-hybridized carbons (Fsp3) is 0.364. The smallest absolute Gasteiger partial charge is 0.303 e. The van der Waals surface area contributed by atoms with Crippen LogP contribution in [0, 0.1) is 6.92 Å². The highest BCUT2D eigenvalue weighted by molar-refractivity contribution is 5.67. The number of aliphatic hydroxyl groups excluding tert-OH is 1. The van der Waals surface area contributed by atoms with Gasteiger partial charge in [-0.3, -0.25) is 4.79 Å². The predicted octanol–water partition coefficient (Wildman–Crippen LogP) is 1.50. The number of benzene rings is 1. The van der Waals surface area contributed by atoms with Gasteiger partial charge in [0.1, 0.15) is 0 Å². The Hall–Kier alpha value is -1.35. The highest BCUT2D eigenvalue weighted by Gasteiger charge is 2.02. The molecule has 2 N–H and O–H groups in total. The first-order chi connectivity index (χ1) is 6.63. The first kappa shape index (κ1) is 10.7. The monoisotopic (exact) mass is 194 g/mol. The third kappa shape index (κ3) is 2.85. The maximum Gasteiger partial charge on any atom is 0.303 e. The maximum atomic E-state index is 10.3. The molecule has 76 valence electrons. The first-order valence-electron chi connectivity index (χ1n) is 4.54. The van der Waals surface area contributed by atoms with Gasteiger partial charge < -0.3 is 10.2 Å². The Morgan fingerprint density at radius 3 is 2.71 bits per heavy atom. The van der Waals surface area contributed by atoms with Gasteiger partial charge in [0.15, 0.2) is 0 Å². The largest absolute Gasteiger partial charge is 0.481 e. The SMILES string of the molecule is Cc1ccc(CCC(=O)O)cc1CO. The van der Waals surface area contributed by atoms with Crippen molar-refractivity contribution in [1.82, 2.24) is 0 Å². The summed E-state index contributed by atoms with van der Waals surface area (Å²) in [5, 5.41) is 17.5. The van der Waals surface area contributed by atoms with E-state index in [-0.39, 0.29) is 13.0 Å². The summed E-state index contributed by atoms with van der Waals surface area (Å²) in [5.41, 5.74) is 2.86. The fourth-order valence-electron chi connectivity index (χ4n) is 1.30. The number of aryl methyl sites for hydroxylation is 2. The Morgan fingerprint density at radius 1 is 1.43 bits per heavy atom. The molecule has 0 saturated heterocycles. The van der Waals surface area contributed by atoms with Gasteiger partial charge in [0.05, 0.1) is 6.61 Å². The summed E-state index contributed by atoms with van der Waals surface area (Å²) in [5.74, 6) is -0.795.